The van der Waals surface area contributed by atoms with Crippen molar-refractivity contribution in [2.24, 2.45) is 5.92 Å². The molecule has 0 N–H and O–H groups in total. The van der Waals surface area contributed by atoms with Crippen molar-refractivity contribution < 1.29 is 9.72 Å². The van der Waals surface area contributed by atoms with Crippen LogP contribution in [0.1, 0.15) is 30.1 Å². The molecule has 1 aromatic carbocycles. The highest BCUT2D eigenvalue weighted by Crippen LogP contribution is 2.17. The standard InChI is InChI=1S/C14H18N2O3/c1-11-5-7-15(8-6-11)10-14(17)12-3-2-4-13(9-12)16(18)19/h2-4,9,11H,5-8,10H2,1H3. The second-order valence-corrected chi connectivity index (χ2v) is 5.19. The van der Waals surface area contributed by atoms with Crippen molar-refractivity contribution in [3.8, 4) is 0 Å². The van der Waals surface area contributed by atoms with Gasteiger partial charge in [-0.15, -0.1) is 0 Å². The highest BCUT2D eigenvalue weighted by molar-refractivity contribution is 5.98. The first-order valence-corrected chi connectivity index (χ1v) is 6.56. The molecule has 0 atom stereocenters. The minimum atomic E-state index is -0.473. The number of piperidine rings is 1. The number of benzene rings is 1. The van der Waals surface area contributed by atoms with Gasteiger partial charge >= 0.3 is 0 Å². The van der Waals surface area contributed by atoms with Gasteiger partial charge in [-0.1, -0.05) is 19.1 Å². The maximum Gasteiger partial charge on any atom is 0.270 e. The second-order valence-electron chi connectivity index (χ2n) is 5.19. The molecule has 0 bridgehead atoms. The molecule has 1 aliphatic heterocycles. The molecular formula is C14H18N2O3. The van der Waals surface area contributed by atoms with Crippen LogP contribution in [-0.4, -0.2) is 35.2 Å². The van der Waals surface area contributed by atoms with Gasteiger partial charge in [-0.05, 0) is 31.8 Å². The van der Waals surface area contributed by atoms with E-state index in [1.54, 1.807) is 12.1 Å². The molecule has 0 amide bonds. The van der Waals surface area contributed by atoms with Crippen molar-refractivity contribution in [1.29, 1.82) is 0 Å². The van der Waals surface area contributed by atoms with E-state index in [0.29, 0.717) is 12.1 Å². The molecule has 1 saturated heterocycles. The van der Waals surface area contributed by atoms with Crippen LogP contribution < -0.4 is 0 Å². The summed E-state index contributed by atoms with van der Waals surface area (Å²) in [4.78, 5) is 24.4. The fraction of sp³-hybridized carbons (Fsp3) is 0.500. The van der Waals surface area contributed by atoms with Crippen molar-refractivity contribution in [3.63, 3.8) is 0 Å². The molecular weight excluding hydrogens is 244 g/mol. The van der Waals surface area contributed by atoms with E-state index in [1.165, 1.54) is 12.1 Å². The minimum absolute atomic E-state index is 0.0295. The molecule has 1 fully saturated rings. The molecule has 1 aromatic rings. The molecule has 0 spiro atoms. The number of nitro groups is 1. The first-order chi connectivity index (χ1) is 9.06. The number of carbonyl (C=O) groups is 1. The molecule has 0 aromatic heterocycles. The largest absolute Gasteiger partial charge is 0.296 e. The second kappa shape index (κ2) is 5.93. The molecule has 0 saturated carbocycles. The molecule has 102 valence electrons. The lowest BCUT2D eigenvalue weighted by molar-refractivity contribution is -0.384. The maximum atomic E-state index is 12.1. The van der Waals surface area contributed by atoms with Gasteiger partial charge in [0.2, 0.25) is 0 Å². The van der Waals surface area contributed by atoms with Crippen LogP contribution in [0.2, 0.25) is 0 Å². The Kier molecular flexibility index (Phi) is 4.27. The normalized spacial score (nSPS) is 17.3. The summed E-state index contributed by atoms with van der Waals surface area (Å²) in [6.45, 7) is 4.44. The van der Waals surface area contributed by atoms with Crippen LogP contribution in [0.25, 0.3) is 0 Å². The number of non-ortho nitro benzene ring substituents is 1. The third kappa shape index (κ3) is 3.61. The summed E-state index contributed by atoms with van der Waals surface area (Å²) in [5.74, 6) is 0.683. The van der Waals surface area contributed by atoms with Gasteiger partial charge in [0.05, 0.1) is 11.5 Å². The summed E-state index contributed by atoms with van der Waals surface area (Å²) in [7, 11) is 0. The highest BCUT2D eigenvalue weighted by Gasteiger charge is 2.19. The van der Waals surface area contributed by atoms with Crippen molar-refractivity contribution >= 4 is 11.5 Å². The molecule has 0 unspecified atom stereocenters. The monoisotopic (exact) mass is 262 g/mol. The van der Waals surface area contributed by atoms with Gasteiger partial charge in [0.15, 0.2) is 5.78 Å². The molecule has 0 aliphatic carbocycles. The molecule has 5 heteroatoms. The van der Waals surface area contributed by atoms with Gasteiger partial charge in [-0.25, -0.2) is 0 Å². The zero-order chi connectivity index (χ0) is 13.8. The number of hydrogen-bond donors (Lipinski definition) is 0. The first-order valence-electron chi connectivity index (χ1n) is 6.56. The Hall–Kier alpha value is -1.75. The van der Waals surface area contributed by atoms with Crippen molar-refractivity contribution in [3.05, 3.63) is 39.9 Å². The number of rotatable bonds is 4. The van der Waals surface area contributed by atoms with Gasteiger partial charge in [0.1, 0.15) is 0 Å². The first kappa shape index (κ1) is 13.7. The van der Waals surface area contributed by atoms with Gasteiger partial charge in [-0.3, -0.25) is 19.8 Å². The van der Waals surface area contributed by atoms with E-state index in [2.05, 4.69) is 11.8 Å². The van der Waals surface area contributed by atoms with Crippen molar-refractivity contribution in [2.75, 3.05) is 19.6 Å². The number of hydrogen-bond acceptors (Lipinski definition) is 4. The van der Waals surface area contributed by atoms with E-state index in [9.17, 15) is 14.9 Å². The Bertz CT molecular complexity index is 479. The number of nitrogens with zero attached hydrogens (tertiary/aromatic N) is 2. The summed E-state index contributed by atoms with van der Waals surface area (Å²) in [6.07, 6.45) is 2.23. The maximum absolute atomic E-state index is 12.1. The number of carbonyl (C=O) groups excluding carboxylic acids is 1. The highest BCUT2D eigenvalue weighted by atomic mass is 16.6. The van der Waals surface area contributed by atoms with Gasteiger partial charge in [0, 0.05) is 17.7 Å². The van der Waals surface area contributed by atoms with E-state index < -0.39 is 4.92 Å². The van der Waals surface area contributed by atoms with Crippen LogP contribution in [-0.2, 0) is 0 Å². The molecule has 1 heterocycles. The van der Waals surface area contributed by atoms with E-state index in [-0.39, 0.29) is 11.5 Å². The molecule has 5 nitrogen and oxygen atoms in total. The van der Waals surface area contributed by atoms with E-state index in [4.69, 9.17) is 0 Å². The lowest BCUT2D eigenvalue weighted by Gasteiger charge is -2.29. The van der Waals surface area contributed by atoms with Gasteiger partial charge in [0.25, 0.3) is 5.69 Å². The fourth-order valence-corrected chi connectivity index (χ4v) is 2.31. The SMILES string of the molecule is CC1CCN(CC(=O)c2cccc([N+](=O)[O-])c2)CC1. The van der Waals surface area contributed by atoms with E-state index in [0.717, 1.165) is 31.8 Å². The van der Waals surface area contributed by atoms with E-state index >= 15 is 0 Å². The Morgan fingerprint density at radius 3 is 2.74 bits per heavy atom. The van der Waals surface area contributed by atoms with Gasteiger partial charge < -0.3 is 0 Å². The van der Waals surface area contributed by atoms with Crippen molar-refractivity contribution in [2.45, 2.75) is 19.8 Å². The average Bonchev–Trinajstić information content (AvgIpc) is 2.41. The van der Waals surface area contributed by atoms with Crippen molar-refractivity contribution in [1.82, 2.24) is 4.90 Å². The van der Waals surface area contributed by atoms with Crippen LogP contribution in [0, 0.1) is 16.0 Å². The van der Waals surface area contributed by atoms with Crippen LogP contribution in [0.3, 0.4) is 0 Å². The lowest BCUT2D eigenvalue weighted by Crippen LogP contribution is -2.36. The molecule has 2 rings (SSSR count). The summed E-state index contributed by atoms with van der Waals surface area (Å²) in [5, 5.41) is 10.7. The third-order valence-electron chi connectivity index (χ3n) is 3.62. The zero-order valence-electron chi connectivity index (χ0n) is 11.0. The molecule has 19 heavy (non-hydrogen) atoms. The number of Topliss-reactive ketones (excluding diaryl/α,β-unsaturated/α-hetero) is 1. The van der Waals surface area contributed by atoms with Crippen LogP contribution in [0.5, 0.6) is 0 Å². The summed E-state index contributed by atoms with van der Waals surface area (Å²) < 4.78 is 0. The summed E-state index contributed by atoms with van der Waals surface area (Å²) in [6, 6.07) is 5.96. The van der Waals surface area contributed by atoms with Crippen LogP contribution >= 0.6 is 0 Å². The Morgan fingerprint density at radius 1 is 1.42 bits per heavy atom. The number of nitro benzene ring substituents is 1. The Labute approximate surface area is 112 Å². The number of likely N-dealkylation sites (tertiary alicyclic amines) is 1. The summed E-state index contributed by atoms with van der Waals surface area (Å²) >= 11 is 0. The van der Waals surface area contributed by atoms with E-state index in [1.807, 2.05) is 0 Å². The molecule has 0 radical (unpaired) electrons. The zero-order valence-corrected chi connectivity index (χ0v) is 11.0. The fourth-order valence-electron chi connectivity index (χ4n) is 2.31. The predicted octanol–water partition coefficient (Wildman–Crippen LogP) is 2.51. The Morgan fingerprint density at radius 2 is 2.11 bits per heavy atom. The van der Waals surface area contributed by atoms with Crippen LogP contribution in [0.15, 0.2) is 24.3 Å². The Balaban J connectivity index is 2.00. The average molecular weight is 262 g/mol. The smallest absolute Gasteiger partial charge is 0.270 e. The predicted molar refractivity (Wildman–Crippen MR) is 72.3 cm³/mol. The molecule has 1 aliphatic rings. The topological polar surface area (TPSA) is 63.5 Å². The van der Waals surface area contributed by atoms with Gasteiger partial charge in [-0.2, -0.15) is 0 Å². The lowest BCUT2D eigenvalue weighted by atomic mass is 9.98. The quantitative estimate of drug-likeness (QED) is 0.475. The minimum Gasteiger partial charge on any atom is -0.296 e. The van der Waals surface area contributed by atoms with Crippen LogP contribution in [0.4, 0.5) is 5.69 Å². The number of ketones is 1. The summed E-state index contributed by atoms with van der Waals surface area (Å²) in [5.41, 5.74) is 0.394. The third-order valence-corrected chi connectivity index (χ3v) is 3.62.